The largest absolute Gasteiger partial charge is 0.352 e. The van der Waals surface area contributed by atoms with Gasteiger partial charge in [-0.3, -0.25) is 14.6 Å². The predicted molar refractivity (Wildman–Crippen MR) is 144 cm³/mol. The number of carbonyl (C=O) groups excluding carboxylic acids is 2. The van der Waals surface area contributed by atoms with Crippen LogP contribution in [0.3, 0.4) is 0 Å². The van der Waals surface area contributed by atoms with Gasteiger partial charge in [0.1, 0.15) is 5.92 Å². The fourth-order valence-electron chi connectivity index (χ4n) is 5.15. The molecule has 4 N–H and O–H groups in total. The average Bonchev–Trinajstić information content (AvgIpc) is 3.26. The highest BCUT2D eigenvalue weighted by Gasteiger charge is 2.36. The zero-order chi connectivity index (χ0) is 24.9. The summed E-state index contributed by atoms with van der Waals surface area (Å²) < 4.78 is 0. The number of nitrogens with one attached hydrogen (secondary N) is 2. The van der Waals surface area contributed by atoms with E-state index in [9.17, 15) is 9.59 Å². The highest BCUT2D eigenvalue weighted by atomic mass is 16.2. The van der Waals surface area contributed by atoms with Crippen LogP contribution in [-0.4, -0.2) is 24.1 Å². The molecule has 2 amide bonds. The van der Waals surface area contributed by atoms with E-state index in [0.717, 1.165) is 28.1 Å². The minimum absolute atomic E-state index is 0.1000. The van der Waals surface area contributed by atoms with Gasteiger partial charge in [-0.05, 0) is 65.8 Å². The SMILES string of the molecule is NCc1ccc(N=C(c2ccccc2)C2C(=O)Nc3ccc(C(=O)NCC4CCCCC4)cc32)cc1. The maximum atomic E-state index is 13.2. The summed E-state index contributed by atoms with van der Waals surface area (Å²) >= 11 is 0. The molecule has 1 heterocycles. The van der Waals surface area contributed by atoms with Gasteiger partial charge in [0, 0.05) is 24.3 Å². The van der Waals surface area contributed by atoms with E-state index in [1.807, 2.05) is 66.7 Å². The van der Waals surface area contributed by atoms with E-state index in [-0.39, 0.29) is 11.8 Å². The Balaban J connectivity index is 1.46. The minimum Gasteiger partial charge on any atom is -0.352 e. The molecule has 3 aromatic rings. The molecule has 0 radical (unpaired) electrons. The van der Waals surface area contributed by atoms with Crippen molar-refractivity contribution >= 4 is 28.9 Å². The fourth-order valence-corrected chi connectivity index (χ4v) is 5.15. The molecule has 6 nitrogen and oxygen atoms in total. The second-order valence-corrected chi connectivity index (χ2v) is 9.67. The van der Waals surface area contributed by atoms with Gasteiger partial charge in [0.25, 0.3) is 5.91 Å². The summed E-state index contributed by atoms with van der Waals surface area (Å²) in [5.74, 6) is -0.318. The van der Waals surface area contributed by atoms with E-state index in [4.69, 9.17) is 10.7 Å². The van der Waals surface area contributed by atoms with Crippen molar-refractivity contribution in [3.63, 3.8) is 0 Å². The Morgan fingerprint density at radius 1 is 0.944 bits per heavy atom. The van der Waals surface area contributed by atoms with Gasteiger partial charge in [-0.2, -0.15) is 0 Å². The van der Waals surface area contributed by atoms with E-state index in [0.29, 0.717) is 30.3 Å². The van der Waals surface area contributed by atoms with E-state index < -0.39 is 5.92 Å². The Bertz CT molecular complexity index is 1260. The van der Waals surface area contributed by atoms with Crippen LogP contribution < -0.4 is 16.4 Å². The van der Waals surface area contributed by atoms with Crippen molar-refractivity contribution in [2.45, 2.75) is 44.6 Å². The third kappa shape index (κ3) is 5.24. The zero-order valence-corrected chi connectivity index (χ0v) is 20.4. The third-order valence-corrected chi connectivity index (χ3v) is 7.19. The first-order valence-corrected chi connectivity index (χ1v) is 12.8. The average molecular weight is 481 g/mol. The lowest BCUT2D eigenvalue weighted by molar-refractivity contribution is -0.115. The maximum Gasteiger partial charge on any atom is 0.251 e. The lowest BCUT2D eigenvalue weighted by Crippen LogP contribution is -2.30. The molecule has 3 aromatic carbocycles. The zero-order valence-electron chi connectivity index (χ0n) is 20.4. The molecule has 0 bridgehead atoms. The summed E-state index contributed by atoms with van der Waals surface area (Å²) in [7, 11) is 0. The number of hydrogen-bond donors (Lipinski definition) is 3. The quantitative estimate of drug-likeness (QED) is 0.400. The smallest absolute Gasteiger partial charge is 0.251 e. The van der Waals surface area contributed by atoms with Gasteiger partial charge in [0.15, 0.2) is 0 Å². The normalized spacial score (nSPS) is 18.0. The third-order valence-electron chi connectivity index (χ3n) is 7.19. The Morgan fingerprint density at radius 3 is 2.42 bits per heavy atom. The summed E-state index contributed by atoms with van der Waals surface area (Å²) in [5, 5.41) is 6.10. The van der Waals surface area contributed by atoms with Crippen LogP contribution in [0.25, 0.3) is 0 Å². The number of amides is 2. The van der Waals surface area contributed by atoms with Crippen LogP contribution in [-0.2, 0) is 11.3 Å². The Morgan fingerprint density at radius 2 is 1.69 bits per heavy atom. The first-order valence-electron chi connectivity index (χ1n) is 12.8. The molecular formula is C30H32N4O2. The molecule has 1 saturated carbocycles. The fraction of sp³-hybridized carbons (Fsp3) is 0.300. The van der Waals surface area contributed by atoms with Crippen LogP contribution in [0.5, 0.6) is 0 Å². The lowest BCUT2D eigenvalue weighted by atomic mass is 9.89. The number of benzene rings is 3. The number of nitrogens with zero attached hydrogens (tertiary/aromatic N) is 1. The van der Waals surface area contributed by atoms with E-state index in [2.05, 4.69) is 10.6 Å². The summed E-state index contributed by atoms with van der Waals surface area (Å²) in [6.45, 7) is 1.16. The first-order chi connectivity index (χ1) is 17.6. The molecule has 0 saturated heterocycles. The number of fused-ring (bicyclic) bond motifs is 1. The monoisotopic (exact) mass is 480 g/mol. The van der Waals surface area contributed by atoms with Crippen LogP contribution in [0.2, 0.25) is 0 Å². The van der Waals surface area contributed by atoms with Crippen molar-refractivity contribution in [3.05, 3.63) is 95.1 Å². The topological polar surface area (TPSA) is 96.6 Å². The number of hydrogen-bond acceptors (Lipinski definition) is 4. The molecule has 184 valence electrons. The maximum absolute atomic E-state index is 13.2. The molecule has 1 unspecified atom stereocenters. The molecular weight excluding hydrogens is 448 g/mol. The van der Waals surface area contributed by atoms with Gasteiger partial charge in [-0.15, -0.1) is 0 Å². The van der Waals surface area contributed by atoms with Crippen LogP contribution >= 0.6 is 0 Å². The first kappa shape index (κ1) is 23.9. The van der Waals surface area contributed by atoms with Crippen molar-refractivity contribution in [1.82, 2.24) is 5.32 Å². The highest BCUT2D eigenvalue weighted by Crippen LogP contribution is 2.37. The summed E-state index contributed by atoms with van der Waals surface area (Å²) in [4.78, 5) is 31.2. The van der Waals surface area contributed by atoms with E-state index in [1.54, 1.807) is 6.07 Å². The van der Waals surface area contributed by atoms with Crippen LogP contribution in [0.4, 0.5) is 11.4 Å². The van der Waals surface area contributed by atoms with Crippen molar-refractivity contribution in [1.29, 1.82) is 0 Å². The van der Waals surface area contributed by atoms with Gasteiger partial charge in [-0.25, -0.2) is 0 Å². The molecule has 6 heteroatoms. The molecule has 1 atom stereocenters. The Hall–Kier alpha value is -3.77. The van der Waals surface area contributed by atoms with Crippen molar-refractivity contribution < 1.29 is 9.59 Å². The number of carbonyl (C=O) groups is 2. The van der Waals surface area contributed by atoms with Gasteiger partial charge >= 0.3 is 0 Å². The van der Waals surface area contributed by atoms with Gasteiger partial charge in [0.05, 0.1) is 11.4 Å². The number of rotatable bonds is 7. The number of aliphatic imine (C=N–C) groups is 1. The number of anilines is 1. The molecule has 0 spiro atoms. The standard InChI is InChI=1S/C30H32N4O2/c31-18-20-11-14-24(15-12-20)33-28(22-9-5-2-6-10-22)27-25-17-23(13-16-26(25)34-30(27)36)29(35)32-19-21-7-3-1-4-8-21/h2,5-6,9-17,21,27H,1,3-4,7-8,18-19,31H2,(H,32,35)(H,34,36). The van der Waals surface area contributed by atoms with E-state index in [1.165, 1.54) is 32.1 Å². The predicted octanol–water partition coefficient (Wildman–Crippen LogP) is 5.31. The Labute approximate surface area is 212 Å². The summed E-state index contributed by atoms with van der Waals surface area (Å²) in [6, 6.07) is 22.9. The number of nitrogens with two attached hydrogens (primary N) is 1. The molecule has 36 heavy (non-hydrogen) atoms. The van der Waals surface area contributed by atoms with Crippen molar-refractivity contribution in [3.8, 4) is 0 Å². The second kappa shape index (κ2) is 10.9. The lowest BCUT2D eigenvalue weighted by Gasteiger charge is -2.21. The summed E-state index contributed by atoms with van der Waals surface area (Å²) in [6.07, 6.45) is 6.12. The molecule has 1 aliphatic carbocycles. The van der Waals surface area contributed by atoms with Crippen LogP contribution in [0.15, 0.2) is 77.8 Å². The van der Waals surface area contributed by atoms with Gasteiger partial charge in [0.2, 0.25) is 5.91 Å². The highest BCUT2D eigenvalue weighted by molar-refractivity contribution is 6.24. The van der Waals surface area contributed by atoms with Crippen molar-refractivity contribution in [2.75, 3.05) is 11.9 Å². The summed E-state index contributed by atoms with van der Waals surface area (Å²) in [5.41, 5.74) is 11.1. The molecule has 2 aliphatic rings. The Kier molecular flexibility index (Phi) is 7.23. The molecule has 1 aliphatic heterocycles. The molecule has 5 rings (SSSR count). The van der Waals surface area contributed by atoms with Gasteiger partial charge in [-0.1, -0.05) is 61.7 Å². The van der Waals surface area contributed by atoms with Crippen molar-refractivity contribution in [2.24, 2.45) is 16.6 Å². The van der Waals surface area contributed by atoms with Gasteiger partial charge < -0.3 is 16.4 Å². The minimum atomic E-state index is -0.623. The van der Waals surface area contributed by atoms with Crippen LogP contribution in [0.1, 0.15) is 65.1 Å². The molecule has 0 aromatic heterocycles. The van der Waals surface area contributed by atoms with Crippen LogP contribution in [0, 0.1) is 5.92 Å². The second-order valence-electron chi connectivity index (χ2n) is 9.67. The molecule has 1 fully saturated rings. The van der Waals surface area contributed by atoms with E-state index >= 15 is 0 Å².